The zero-order valence-corrected chi connectivity index (χ0v) is 13.3. The molecule has 16 heavy (non-hydrogen) atoms. The molecular weight excluding hydrogens is 327 g/mol. The largest absolute Gasteiger partial charge is 0.130 e. The van der Waals surface area contributed by atoms with Gasteiger partial charge in [0.2, 0.25) is 0 Å². The Labute approximate surface area is 119 Å². The molecule has 0 aliphatic heterocycles. The lowest BCUT2D eigenvalue weighted by Crippen LogP contribution is -2.21. The fraction of sp³-hybridized carbons (Fsp3) is 0.667. The molecule has 0 N–H and O–H groups in total. The number of rotatable bonds is 2. The second-order valence-corrected chi connectivity index (χ2v) is 8.44. The van der Waals surface area contributed by atoms with Gasteiger partial charge in [0.05, 0.1) is 14.2 Å². The molecule has 90 valence electrons. The maximum atomic E-state index is 6.61. The molecule has 1 aliphatic carbocycles. The first-order chi connectivity index (χ1) is 7.42. The van der Waals surface area contributed by atoms with Gasteiger partial charge in [-0.2, -0.15) is 0 Å². The quantitative estimate of drug-likeness (QED) is 0.556. The van der Waals surface area contributed by atoms with Crippen molar-refractivity contribution in [3.8, 4) is 0 Å². The number of thiophene rings is 1. The minimum atomic E-state index is 0.103. The average Bonchev–Trinajstić information content (AvgIpc) is 2.70. The Balaban J connectivity index is 2.22. The maximum absolute atomic E-state index is 6.61. The zero-order chi connectivity index (χ0) is 11.9. The van der Waals surface area contributed by atoms with E-state index in [0.29, 0.717) is 11.3 Å². The van der Waals surface area contributed by atoms with E-state index in [9.17, 15) is 0 Å². The fourth-order valence-electron chi connectivity index (χ4n) is 2.59. The van der Waals surface area contributed by atoms with Crippen LogP contribution in [0.3, 0.4) is 0 Å². The highest BCUT2D eigenvalue weighted by molar-refractivity contribution is 9.11. The van der Waals surface area contributed by atoms with E-state index < -0.39 is 0 Å². The third-order valence-electron chi connectivity index (χ3n) is 3.63. The molecule has 0 saturated heterocycles. The van der Waals surface area contributed by atoms with Crippen molar-refractivity contribution in [2.45, 2.75) is 38.5 Å². The fourth-order valence-corrected chi connectivity index (χ4v) is 5.05. The van der Waals surface area contributed by atoms with E-state index in [2.05, 4.69) is 29.8 Å². The van der Waals surface area contributed by atoms with Crippen LogP contribution in [0.15, 0.2) is 9.85 Å². The van der Waals surface area contributed by atoms with Crippen LogP contribution in [0.2, 0.25) is 5.02 Å². The molecule has 2 unspecified atom stereocenters. The van der Waals surface area contributed by atoms with E-state index in [1.165, 1.54) is 24.1 Å². The predicted molar refractivity (Wildman–Crippen MR) is 76.7 cm³/mol. The van der Waals surface area contributed by atoms with Crippen molar-refractivity contribution in [3.63, 3.8) is 0 Å². The van der Waals surface area contributed by atoms with Crippen molar-refractivity contribution >= 4 is 50.5 Å². The lowest BCUT2D eigenvalue weighted by Gasteiger charge is -2.30. The molecule has 2 rings (SSSR count). The van der Waals surface area contributed by atoms with Crippen LogP contribution in [0.4, 0.5) is 0 Å². The third kappa shape index (κ3) is 2.45. The van der Waals surface area contributed by atoms with E-state index in [-0.39, 0.29) is 5.38 Å². The molecule has 1 aromatic rings. The Morgan fingerprint density at radius 2 is 2.25 bits per heavy atom. The molecule has 1 aliphatic rings. The summed E-state index contributed by atoms with van der Waals surface area (Å²) >= 11 is 17.8. The van der Waals surface area contributed by atoms with Gasteiger partial charge in [-0.25, -0.2) is 0 Å². The highest BCUT2D eigenvalue weighted by Crippen LogP contribution is 2.53. The number of halogens is 3. The van der Waals surface area contributed by atoms with Crippen LogP contribution >= 0.6 is 50.5 Å². The van der Waals surface area contributed by atoms with Crippen LogP contribution in [0.5, 0.6) is 0 Å². The maximum Gasteiger partial charge on any atom is 0.0887 e. The number of hydrogen-bond acceptors (Lipinski definition) is 1. The summed E-state index contributed by atoms with van der Waals surface area (Å²) in [5.41, 5.74) is 0.357. The second kappa shape index (κ2) is 4.79. The number of alkyl halides is 1. The van der Waals surface area contributed by atoms with E-state index in [0.717, 1.165) is 8.81 Å². The van der Waals surface area contributed by atoms with Crippen molar-refractivity contribution < 1.29 is 0 Å². The zero-order valence-electron chi connectivity index (χ0n) is 9.40. The highest BCUT2D eigenvalue weighted by Gasteiger charge is 2.39. The molecule has 0 aromatic carbocycles. The predicted octanol–water partition coefficient (Wildman–Crippen LogP) is 6.27. The van der Waals surface area contributed by atoms with Gasteiger partial charge in [-0.1, -0.05) is 31.9 Å². The van der Waals surface area contributed by atoms with Gasteiger partial charge in [0.15, 0.2) is 0 Å². The highest BCUT2D eigenvalue weighted by atomic mass is 79.9. The van der Waals surface area contributed by atoms with Crippen molar-refractivity contribution in [2.24, 2.45) is 11.3 Å². The Hall–Kier alpha value is 0.760. The van der Waals surface area contributed by atoms with E-state index in [4.69, 9.17) is 23.2 Å². The van der Waals surface area contributed by atoms with Crippen molar-refractivity contribution in [3.05, 3.63) is 19.8 Å². The Morgan fingerprint density at radius 1 is 1.56 bits per heavy atom. The van der Waals surface area contributed by atoms with Crippen LogP contribution in [-0.2, 0) is 0 Å². The first-order valence-electron chi connectivity index (χ1n) is 5.50. The summed E-state index contributed by atoms with van der Waals surface area (Å²) in [6.45, 7) is 4.65. The van der Waals surface area contributed by atoms with Crippen LogP contribution in [0, 0.1) is 11.3 Å². The van der Waals surface area contributed by atoms with Gasteiger partial charge < -0.3 is 0 Å². The lowest BCUT2D eigenvalue weighted by molar-refractivity contribution is 0.253. The number of hydrogen-bond donors (Lipinski definition) is 0. The molecule has 1 aromatic heterocycles. The van der Waals surface area contributed by atoms with Crippen molar-refractivity contribution in [1.82, 2.24) is 0 Å². The monoisotopic (exact) mass is 340 g/mol. The van der Waals surface area contributed by atoms with Gasteiger partial charge in [-0.15, -0.1) is 22.9 Å². The summed E-state index contributed by atoms with van der Waals surface area (Å²) in [5, 5.41) is 0.882. The molecule has 2 atom stereocenters. The average molecular weight is 342 g/mol. The molecule has 0 radical (unpaired) electrons. The summed E-state index contributed by atoms with van der Waals surface area (Å²) in [6.07, 6.45) is 3.80. The van der Waals surface area contributed by atoms with E-state index in [1.54, 1.807) is 11.3 Å². The molecule has 1 fully saturated rings. The van der Waals surface area contributed by atoms with Crippen LogP contribution < -0.4 is 0 Å². The second-order valence-electron chi connectivity index (χ2n) is 5.16. The summed E-state index contributed by atoms with van der Waals surface area (Å²) in [5.74, 6) is 0.566. The molecule has 0 amide bonds. The van der Waals surface area contributed by atoms with Crippen molar-refractivity contribution in [2.75, 3.05) is 0 Å². The van der Waals surface area contributed by atoms with Crippen LogP contribution in [0.1, 0.15) is 43.4 Å². The first kappa shape index (κ1) is 13.2. The molecule has 1 heterocycles. The Morgan fingerprint density at radius 3 is 2.69 bits per heavy atom. The van der Waals surface area contributed by atoms with Gasteiger partial charge in [0, 0.05) is 4.88 Å². The van der Waals surface area contributed by atoms with Gasteiger partial charge in [-0.05, 0) is 46.2 Å². The topological polar surface area (TPSA) is 0 Å². The standard InChI is InChI=1S/C12H15BrCl2S/c1-12(2)5-3-4-7(12)10(15)9-6-8(14)11(13)16-9/h6-7,10H,3-5H2,1-2H3. The summed E-state index contributed by atoms with van der Waals surface area (Å²) in [6, 6.07) is 2.00. The van der Waals surface area contributed by atoms with Gasteiger partial charge in [0.25, 0.3) is 0 Å². The first-order valence-corrected chi connectivity index (χ1v) is 7.93. The van der Waals surface area contributed by atoms with Gasteiger partial charge >= 0.3 is 0 Å². The summed E-state index contributed by atoms with van der Waals surface area (Å²) in [4.78, 5) is 1.19. The van der Waals surface area contributed by atoms with Gasteiger partial charge in [0.1, 0.15) is 0 Å². The minimum absolute atomic E-state index is 0.103. The molecule has 0 bridgehead atoms. The summed E-state index contributed by atoms with van der Waals surface area (Å²) in [7, 11) is 0. The molecule has 0 nitrogen and oxygen atoms in total. The molecule has 0 spiro atoms. The minimum Gasteiger partial charge on any atom is -0.130 e. The van der Waals surface area contributed by atoms with Crippen LogP contribution in [0.25, 0.3) is 0 Å². The summed E-state index contributed by atoms with van der Waals surface area (Å²) < 4.78 is 0.991. The van der Waals surface area contributed by atoms with Gasteiger partial charge in [-0.3, -0.25) is 0 Å². The lowest BCUT2D eigenvalue weighted by atomic mass is 9.79. The Bertz CT molecular complexity index is 367. The molecule has 4 heteroatoms. The molecule has 1 saturated carbocycles. The molecular formula is C12H15BrCl2S. The smallest absolute Gasteiger partial charge is 0.0887 e. The van der Waals surface area contributed by atoms with E-state index in [1.807, 2.05) is 6.07 Å². The Kier molecular flexibility index (Phi) is 3.95. The third-order valence-corrected chi connectivity index (χ3v) is 6.86. The SMILES string of the molecule is CC1(C)CCCC1C(Cl)c1cc(Cl)c(Br)s1. The normalized spacial score (nSPS) is 25.9. The van der Waals surface area contributed by atoms with Crippen molar-refractivity contribution in [1.29, 1.82) is 0 Å². The van der Waals surface area contributed by atoms with E-state index >= 15 is 0 Å². The van der Waals surface area contributed by atoms with Crippen LogP contribution in [-0.4, -0.2) is 0 Å².